The van der Waals surface area contributed by atoms with Gasteiger partial charge in [-0.05, 0) is 51.5 Å². The summed E-state index contributed by atoms with van der Waals surface area (Å²) >= 11 is 6.08. The Morgan fingerprint density at radius 1 is 1.21 bits per heavy atom. The highest BCUT2D eigenvalue weighted by atomic mass is 35.5. The summed E-state index contributed by atoms with van der Waals surface area (Å²) in [7, 11) is 0. The third-order valence-corrected chi connectivity index (χ3v) is 5.07. The van der Waals surface area contributed by atoms with E-state index < -0.39 is 17.5 Å². The standard InChI is InChI=1S/C24H24ClFN6O2/c1-13(14-6-5-7-16(8-14)31-23(33)34-24(2,3)4)30-22-19(26)12-29-21(32-22)18-11-28-20-17(18)9-15(25)10-27-20/h5-13H,1-4H3,(H,27,28)(H,31,33)(H,29,30,32)/t13-/m0/s1. The lowest BCUT2D eigenvalue weighted by atomic mass is 10.1. The number of pyridine rings is 1. The lowest BCUT2D eigenvalue weighted by molar-refractivity contribution is 0.0636. The van der Waals surface area contributed by atoms with Crippen LogP contribution in [0.2, 0.25) is 5.02 Å². The maximum atomic E-state index is 14.6. The Kier molecular flexibility index (Phi) is 6.39. The van der Waals surface area contributed by atoms with Crippen LogP contribution in [-0.4, -0.2) is 31.6 Å². The summed E-state index contributed by atoms with van der Waals surface area (Å²) < 4.78 is 19.9. The van der Waals surface area contributed by atoms with Gasteiger partial charge in [-0.2, -0.15) is 0 Å². The average Bonchev–Trinajstić information content (AvgIpc) is 3.17. The van der Waals surface area contributed by atoms with Crippen LogP contribution >= 0.6 is 11.6 Å². The summed E-state index contributed by atoms with van der Waals surface area (Å²) in [5, 5.41) is 7.00. The molecule has 0 aliphatic carbocycles. The summed E-state index contributed by atoms with van der Waals surface area (Å²) in [6.45, 7) is 7.24. The van der Waals surface area contributed by atoms with Crippen LogP contribution in [0.25, 0.3) is 22.4 Å². The number of nitrogens with zero attached hydrogens (tertiary/aromatic N) is 3. The number of anilines is 2. The van der Waals surface area contributed by atoms with E-state index in [2.05, 4.69) is 30.6 Å². The monoisotopic (exact) mass is 482 g/mol. The number of ether oxygens (including phenoxy) is 1. The number of carbonyl (C=O) groups excluding carboxylic acids is 1. The first-order valence-electron chi connectivity index (χ1n) is 10.6. The summed E-state index contributed by atoms with van der Waals surface area (Å²) in [5.74, 6) is -0.214. The third kappa shape index (κ3) is 5.43. The van der Waals surface area contributed by atoms with Crippen molar-refractivity contribution in [3.8, 4) is 11.4 Å². The molecule has 1 atom stereocenters. The molecule has 0 aliphatic rings. The Hall–Kier alpha value is -3.72. The summed E-state index contributed by atoms with van der Waals surface area (Å²) in [5.41, 5.74) is 2.06. The van der Waals surface area contributed by atoms with Crippen LogP contribution in [-0.2, 0) is 4.74 Å². The number of fused-ring (bicyclic) bond motifs is 1. The van der Waals surface area contributed by atoms with Crippen molar-refractivity contribution in [2.24, 2.45) is 0 Å². The first-order valence-corrected chi connectivity index (χ1v) is 11.0. The first kappa shape index (κ1) is 23.4. The zero-order valence-electron chi connectivity index (χ0n) is 19.1. The summed E-state index contributed by atoms with van der Waals surface area (Å²) in [4.78, 5) is 27.9. The van der Waals surface area contributed by atoms with Gasteiger partial charge in [0.15, 0.2) is 17.5 Å². The second-order valence-electron chi connectivity index (χ2n) is 8.76. The van der Waals surface area contributed by atoms with E-state index in [1.54, 1.807) is 51.2 Å². The van der Waals surface area contributed by atoms with Gasteiger partial charge in [-0.1, -0.05) is 23.7 Å². The quantitative estimate of drug-likeness (QED) is 0.307. The van der Waals surface area contributed by atoms with Crippen LogP contribution in [0.1, 0.15) is 39.3 Å². The van der Waals surface area contributed by atoms with Crippen LogP contribution in [0.15, 0.2) is 48.9 Å². The fourth-order valence-electron chi connectivity index (χ4n) is 3.36. The van der Waals surface area contributed by atoms with Crippen LogP contribution in [0.5, 0.6) is 0 Å². The molecule has 0 spiro atoms. The Labute approximate surface area is 200 Å². The zero-order valence-corrected chi connectivity index (χ0v) is 19.9. The van der Waals surface area contributed by atoms with Crippen molar-refractivity contribution < 1.29 is 13.9 Å². The zero-order chi connectivity index (χ0) is 24.5. The minimum atomic E-state index is -0.606. The number of hydrogen-bond acceptors (Lipinski definition) is 6. The Bertz CT molecular complexity index is 1350. The van der Waals surface area contributed by atoms with Crippen molar-refractivity contribution >= 4 is 40.2 Å². The summed E-state index contributed by atoms with van der Waals surface area (Å²) in [6.07, 6.45) is 3.82. The molecule has 0 unspecified atom stereocenters. The lowest BCUT2D eigenvalue weighted by Gasteiger charge is -2.20. The smallest absolute Gasteiger partial charge is 0.412 e. The van der Waals surface area contributed by atoms with E-state index in [1.807, 2.05) is 13.0 Å². The number of hydrogen-bond donors (Lipinski definition) is 3. The van der Waals surface area contributed by atoms with E-state index in [9.17, 15) is 9.18 Å². The fourth-order valence-corrected chi connectivity index (χ4v) is 3.51. The van der Waals surface area contributed by atoms with Gasteiger partial charge >= 0.3 is 6.09 Å². The highest BCUT2D eigenvalue weighted by molar-refractivity contribution is 6.31. The Morgan fingerprint density at radius 3 is 2.76 bits per heavy atom. The van der Waals surface area contributed by atoms with Crippen molar-refractivity contribution in [1.82, 2.24) is 19.9 Å². The maximum absolute atomic E-state index is 14.6. The van der Waals surface area contributed by atoms with E-state index in [0.29, 0.717) is 27.7 Å². The minimum absolute atomic E-state index is 0.0485. The van der Waals surface area contributed by atoms with Crippen LogP contribution in [0.3, 0.4) is 0 Å². The second kappa shape index (κ2) is 9.26. The van der Waals surface area contributed by atoms with E-state index in [-0.39, 0.29) is 11.9 Å². The van der Waals surface area contributed by atoms with Gasteiger partial charge in [0, 0.05) is 29.0 Å². The van der Waals surface area contributed by atoms with Gasteiger partial charge in [0.25, 0.3) is 0 Å². The minimum Gasteiger partial charge on any atom is -0.444 e. The van der Waals surface area contributed by atoms with Gasteiger partial charge in [-0.25, -0.2) is 24.1 Å². The van der Waals surface area contributed by atoms with Crippen LogP contribution < -0.4 is 10.6 Å². The number of benzene rings is 1. The normalized spacial score (nSPS) is 12.4. The number of halogens is 2. The maximum Gasteiger partial charge on any atom is 0.412 e. The summed E-state index contributed by atoms with van der Waals surface area (Å²) in [6, 6.07) is 8.63. The van der Waals surface area contributed by atoms with Gasteiger partial charge in [0.05, 0.1) is 17.3 Å². The Morgan fingerprint density at radius 2 is 2.00 bits per heavy atom. The number of rotatable bonds is 5. The highest BCUT2D eigenvalue weighted by Crippen LogP contribution is 2.29. The molecule has 34 heavy (non-hydrogen) atoms. The predicted octanol–water partition coefficient (Wildman–Crippen LogP) is 6.33. The predicted molar refractivity (Wildman–Crippen MR) is 130 cm³/mol. The number of aromatic amines is 1. The number of amides is 1. The number of aromatic nitrogens is 4. The van der Waals surface area contributed by atoms with Gasteiger partial charge < -0.3 is 15.0 Å². The first-order chi connectivity index (χ1) is 16.1. The van der Waals surface area contributed by atoms with E-state index in [1.165, 1.54) is 6.20 Å². The molecule has 176 valence electrons. The van der Waals surface area contributed by atoms with Gasteiger partial charge in [-0.15, -0.1) is 0 Å². The fraction of sp³-hybridized carbons (Fsp3) is 0.250. The lowest BCUT2D eigenvalue weighted by Crippen LogP contribution is -2.27. The van der Waals surface area contributed by atoms with E-state index in [0.717, 1.165) is 17.1 Å². The molecule has 4 aromatic rings. The van der Waals surface area contributed by atoms with Crippen molar-refractivity contribution in [3.05, 3.63) is 65.3 Å². The van der Waals surface area contributed by atoms with Crippen molar-refractivity contribution in [3.63, 3.8) is 0 Å². The van der Waals surface area contributed by atoms with E-state index >= 15 is 0 Å². The number of H-pyrrole nitrogens is 1. The molecule has 3 aromatic heterocycles. The number of nitrogens with one attached hydrogen (secondary N) is 3. The van der Waals surface area contributed by atoms with Crippen LogP contribution in [0, 0.1) is 5.82 Å². The highest BCUT2D eigenvalue weighted by Gasteiger charge is 2.18. The molecule has 0 radical (unpaired) electrons. The van der Waals surface area contributed by atoms with Gasteiger partial charge in [0.2, 0.25) is 0 Å². The molecule has 0 bridgehead atoms. The largest absolute Gasteiger partial charge is 0.444 e. The topological polar surface area (TPSA) is 105 Å². The molecule has 0 aliphatic heterocycles. The Balaban J connectivity index is 1.55. The second-order valence-corrected chi connectivity index (χ2v) is 9.20. The molecule has 0 saturated carbocycles. The number of carbonyl (C=O) groups is 1. The molecule has 1 amide bonds. The molecule has 3 heterocycles. The van der Waals surface area contributed by atoms with Crippen molar-refractivity contribution in [2.75, 3.05) is 10.6 Å². The molecule has 3 N–H and O–H groups in total. The molecule has 8 nitrogen and oxygen atoms in total. The molecule has 4 rings (SSSR count). The van der Waals surface area contributed by atoms with Crippen LogP contribution in [0.4, 0.5) is 20.7 Å². The molecule has 10 heteroatoms. The molecular weight excluding hydrogens is 459 g/mol. The van der Waals surface area contributed by atoms with Crippen molar-refractivity contribution in [1.29, 1.82) is 0 Å². The molecule has 0 fully saturated rings. The van der Waals surface area contributed by atoms with Crippen molar-refractivity contribution in [2.45, 2.75) is 39.3 Å². The average molecular weight is 483 g/mol. The molecule has 0 saturated heterocycles. The molecular formula is C24H24ClFN6O2. The molecule has 1 aromatic carbocycles. The SMILES string of the molecule is C[C@H](Nc1nc(-c2c[nH]c3ncc(Cl)cc23)ncc1F)c1cccc(NC(=O)OC(C)(C)C)c1. The van der Waals surface area contributed by atoms with E-state index in [4.69, 9.17) is 16.3 Å². The van der Waals surface area contributed by atoms with Gasteiger partial charge in [-0.3, -0.25) is 5.32 Å². The third-order valence-electron chi connectivity index (χ3n) is 4.87. The van der Waals surface area contributed by atoms with Gasteiger partial charge in [0.1, 0.15) is 11.2 Å².